The standard InChI is InChI=1S/C24H21NO5/c26-15-12-22(27)20(23(28)13-15)10-5-11-25-24(29)30-14-21-18-8-3-1-6-16(18)17-7-2-4-9-19(17)21/h1-10,12-13,21,26-28H,11,14H2,(H,25,29). The fourth-order valence-corrected chi connectivity index (χ4v) is 3.75. The van der Waals surface area contributed by atoms with E-state index in [0.29, 0.717) is 0 Å². The molecule has 0 heterocycles. The van der Waals surface area contributed by atoms with Gasteiger partial charge in [-0.2, -0.15) is 0 Å². The van der Waals surface area contributed by atoms with E-state index in [0.717, 1.165) is 23.3 Å². The first-order valence-corrected chi connectivity index (χ1v) is 9.55. The van der Waals surface area contributed by atoms with Crippen LogP contribution in [0.15, 0.2) is 66.7 Å². The molecule has 0 bridgehead atoms. The van der Waals surface area contributed by atoms with Crippen molar-refractivity contribution in [3.63, 3.8) is 0 Å². The maximum Gasteiger partial charge on any atom is 0.407 e. The highest BCUT2D eigenvalue weighted by molar-refractivity contribution is 5.79. The molecule has 1 amide bonds. The Labute approximate surface area is 173 Å². The topological polar surface area (TPSA) is 99.0 Å². The van der Waals surface area contributed by atoms with Crippen molar-refractivity contribution >= 4 is 12.2 Å². The van der Waals surface area contributed by atoms with E-state index < -0.39 is 6.09 Å². The van der Waals surface area contributed by atoms with E-state index in [-0.39, 0.29) is 41.9 Å². The van der Waals surface area contributed by atoms with Gasteiger partial charge in [0.1, 0.15) is 23.9 Å². The quantitative estimate of drug-likeness (QED) is 0.507. The van der Waals surface area contributed by atoms with Gasteiger partial charge in [-0.1, -0.05) is 54.6 Å². The van der Waals surface area contributed by atoms with Crippen molar-refractivity contribution in [3.8, 4) is 28.4 Å². The summed E-state index contributed by atoms with van der Waals surface area (Å²) in [4.78, 5) is 12.1. The van der Waals surface area contributed by atoms with Crippen LogP contribution in [0.1, 0.15) is 22.6 Å². The molecule has 1 aliphatic carbocycles. The molecule has 1 aliphatic rings. The first-order valence-electron chi connectivity index (χ1n) is 9.55. The molecule has 0 unspecified atom stereocenters. The molecule has 6 nitrogen and oxygen atoms in total. The summed E-state index contributed by atoms with van der Waals surface area (Å²) in [5, 5.41) is 31.5. The summed E-state index contributed by atoms with van der Waals surface area (Å²) in [6.45, 7) is 0.375. The van der Waals surface area contributed by atoms with E-state index in [9.17, 15) is 20.1 Å². The lowest BCUT2D eigenvalue weighted by molar-refractivity contribution is 0.144. The van der Waals surface area contributed by atoms with Gasteiger partial charge in [0, 0.05) is 24.6 Å². The Balaban J connectivity index is 1.35. The van der Waals surface area contributed by atoms with Crippen LogP contribution in [0.2, 0.25) is 0 Å². The normalized spacial score (nSPS) is 12.5. The molecule has 3 aromatic carbocycles. The minimum Gasteiger partial charge on any atom is -0.508 e. The van der Waals surface area contributed by atoms with E-state index in [2.05, 4.69) is 29.6 Å². The van der Waals surface area contributed by atoms with Gasteiger partial charge < -0.3 is 25.4 Å². The molecule has 0 atom stereocenters. The SMILES string of the molecule is O=C(NCC=Cc1c(O)cc(O)cc1O)OCC1c2ccccc2-c2ccccc21. The molecular formula is C24H21NO5. The van der Waals surface area contributed by atoms with Gasteiger partial charge in [-0.3, -0.25) is 0 Å². The summed E-state index contributed by atoms with van der Waals surface area (Å²) in [5.41, 5.74) is 4.77. The summed E-state index contributed by atoms with van der Waals surface area (Å²) in [6.07, 6.45) is 2.46. The number of benzene rings is 3. The summed E-state index contributed by atoms with van der Waals surface area (Å²) in [7, 11) is 0. The number of aromatic hydroxyl groups is 3. The summed E-state index contributed by atoms with van der Waals surface area (Å²) >= 11 is 0. The Bertz CT molecular complexity index is 1050. The number of phenolic OH excluding ortho intramolecular Hbond substituents is 3. The number of nitrogens with one attached hydrogen (secondary N) is 1. The lowest BCUT2D eigenvalue weighted by Crippen LogP contribution is -2.26. The van der Waals surface area contributed by atoms with Crippen LogP contribution in [0.3, 0.4) is 0 Å². The molecule has 0 aromatic heterocycles. The fraction of sp³-hybridized carbons (Fsp3) is 0.125. The lowest BCUT2D eigenvalue weighted by Gasteiger charge is -2.14. The Hall–Kier alpha value is -3.93. The number of amides is 1. The predicted molar refractivity (Wildman–Crippen MR) is 114 cm³/mol. The first-order chi connectivity index (χ1) is 14.5. The average Bonchev–Trinajstić information content (AvgIpc) is 3.05. The van der Waals surface area contributed by atoms with Crippen molar-refractivity contribution in [2.24, 2.45) is 0 Å². The third-order valence-electron chi connectivity index (χ3n) is 5.11. The molecule has 0 spiro atoms. The average molecular weight is 403 g/mol. The second-order valence-electron chi connectivity index (χ2n) is 7.01. The zero-order chi connectivity index (χ0) is 21.1. The summed E-state index contributed by atoms with van der Waals surface area (Å²) in [6, 6.07) is 18.5. The van der Waals surface area contributed by atoms with Crippen LogP contribution in [0.5, 0.6) is 17.2 Å². The fourth-order valence-electron chi connectivity index (χ4n) is 3.75. The molecule has 6 heteroatoms. The molecule has 4 N–H and O–H groups in total. The summed E-state index contributed by atoms with van der Waals surface area (Å²) in [5.74, 6) is -0.765. The number of carbonyl (C=O) groups is 1. The molecule has 0 fully saturated rings. The van der Waals surface area contributed by atoms with Gasteiger partial charge >= 0.3 is 6.09 Å². The Morgan fingerprint density at radius 2 is 1.50 bits per heavy atom. The van der Waals surface area contributed by atoms with Crippen LogP contribution in [-0.4, -0.2) is 34.6 Å². The van der Waals surface area contributed by atoms with Gasteiger partial charge in [0.15, 0.2) is 0 Å². The number of rotatable bonds is 5. The number of alkyl carbamates (subject to hydrolysis) is 1. The number of phenols is 3. The minimum atomic E-state index is -0.555. The van der Waals surface area contributed by atoms with Crippen LogP contribution in [-0.2, 0) is 4.74 Å². The van der Waals surface area contributed by atoms with Gasteiger partial charge in [-0.25, -0.2) is 4.79 Å². The molecule has 3 aromatic rings. The third-order valence-corrected chi connectivity index (χ3v) is 5.11. The minimum absolute atomic E-state index is 0.00965. The molecule has 152 valence electrons. The van der Waals surface area contributed by atoms with Crippen LogP contribution in [0.4, 0.5) is 4.79 Å². The Kier molecular flexibility index (Phi) is 5.30. The zero-order valence-corrected chi connectivity index (χ0v) is 16.1. The molecular weight excluding hydrogens is 382 g/mol. The van der Waals surface area contributed by atoms with Gasteiger partial charge in [0.2, 0.25) is 0 Å². The lowest BCUT2D eigenvalue weighted by atomic mass is 9.98. The molecule has 0 radical (unpaired) electrons. The molecule has 4 rings (SSSR count). The van der Waals surface area contributed by atoms with E-state index in [1.54, 1.807) is 6.08 Å². The van der Waals surface area contributed by atoms with Crippen molar-refractivity contribution in [3.05, 3.63) is 83.4 Å². The molecule has 0 saturated heterocycles. The number of hydrogen-bond acceptors (Lipinski definition) is 5. The van der Waals surface area contributed by atoms with Crippen LogP contribution >= 0.6 is 0 Å². The number of hydrogen-bond donors (Lipinski definition) is 4. The zero-order valence-electron chi connectivity index (χ0n) is 16.1. The second-order valence-corrected chi connectivity index (χ2v) is 7.01. The number of fused-ring (bicyclic) bond motifs is 3. The number of carbonyl (C=O) groups excluding carboxylic acids is 1. The molecule has 0 saturated carbocycles. The van der Waals surface area contributed by atoms with Crippen molar-refractivity contribution in [1.29, 1.82) is 0 Å². The largest absolute Gasteiger partial charge is 0.508 e. The van der Waals surface area contributed by atoms with Crippen LogP contribution in [0.25, 0.3) is 17.2 Å². The highest BCUT2D eigenvalue weighted by atomic mass is 16.5. The third kappa shape index (κ3) is 3.80. The van der Waals surface area contributed by atoms with Crippen molar-refractivity contribution in [1.82, 2.24) is 5.32 Å². The Morgan fingerprint density at radius 3 is 2.10 bits per heavy atom. The van der Waals surface area contributed by atoms with Crippen LogP contribution in [0, 0.1) is 0 Å². The smallest absolute Gasteiger partial charge is 0.407 e. The predicted octanol–water partition coefficient (Wildman–Crippen LogP) is 4.36. The molecule has 30 heavy (non-hydrogen) atoms. The highest BCUT2D eigenvalue weighted by Crippen LogP contribution is 2.44. The second kappa shape index (κ2) is 8.21. The maximum absolute atomic E-state index is 12.1. The van der Waals surface area contributed by atoms with Gasteiger partial charge in [-0.15, -0.1) is 0 Å². The van der Waals surface area contributed by atoms with Crippen LogP contribution < -0.4 is 5.32 Å². The van der Waals surface area contributed by atoms with Gasteiger partial charge in [0.25, 0.3) is 0 Å². The Morgan fingerprint density at radius 1 is 0.933 bits per heavy atom. The van der Waals surface area contributed by atoms with Crippen molar-refractivity contribution in [2.75, 3.05) is 13.2 Å². The maximum atomic E-state index is 12.1. The van der Waals surface area contributed by atoms with E-state index in [1.165, 1.54) is 17.2 Å². The van der Waals surface area contributed by atoms with Crippen molar-refractivity contribution in [2.45, 2.75) is 5.92 Å². The van der Waals surface area contributed by atoms with Gasteiger partial charge in [-0.05, 0) is 28.3 Å². The number of ether oxygens (including phenoxy) is 1. The highest BCUT2D eigenvalue weighted by Gasteiger charge is 2.28. The molecule has 0 aliphatic heterocycles. The summed E-state index contributed by atoms with van der Waals surface area (Å²) < 4.78 is 5.44. The van der Waals surface area contributed by atoms with E-state index in [4.69, 9.17) is 4.74 Å². The monoisotopic (exact) mass is 403 g/mol. The van der Waals surface area contributed by atoms with Gasteiger partial charge in [0.05, 0.1) is 5.56 Å². The van der Waals surface area contributed by atoms with E-state index >= 15 is 0 Å². The van der Waals surface area contributed by atoms with E-state index in [1.807, 2.05) is 24.3 Å². The van der Waals surface area contributed by atoms with Crippen molar-refractivity contribution < 1.29 is 24.9 Å². The first kappa shape index (κ1) is 19.4.